The number of hydrogen-bond donors (Lipinski definition) is 1. The molecule has 186 valence electrons. The molecule has 1 amide bonds. The van der Waals surface area contributed by atoms with Crippen molar-refractivity contribution in [3.63, 3.8) is 0 Å². The third-order valence-corrected chi connectivity index (χ3v) is 8.20. The number of rotatable bonds is 10. The molecule has 36 heavy (non-hydrogen) atoms. The molecule has 0 aliphatic rings. The molecule has 0 aliphatic carbocycles. The van der Waals surface area contributed by atoms with Crippen LogP contribution in [-0.2, 0) is 14.8 Å². The van der Waals surface area contributed by atoms with E-state index < -0.39 is 15.9 Å². The van der Waals surface area contributed by atoms with Crippen LogP contribution in [0.3, 0.4) is 0 Å². The molecule has 0 atom stereocenters. The summed E-state index contributed by atoms with van der Waals surface area (Å²) in [6.07, 6.45) is 1.93. The van der Waals surface area contributed by atoms with Crippen molar-refractivity contribution in [3.05, 3.63) is 96.6 Å². The van der Waals surface area contributed by atoms with Gasteiger partial charge in [0, 0.05) is 4.90 Å². The predicted octanol–water partition coefficient (Wildman–Crippen LogP) is 5.26. The minimum absolute atomic E-state index is 0.133. The smallest absolute Gasteiger partial charge is 0.264 e. The van der Waals surface area contributed by atoms with Crippen molar-refractivity contribution >= 4 is 44.2 Å². The third kappa shape index (κ3) is 6.19. The normalized spacial score (nSPS) is 11.3. The van der Waals surface area contributed by atoms with Crippen LogP contribution in [0.4, 0.5) is 5.69 Å². The van der Waals surface area contributed by atoms with E-state index in [-0.39, 0.29) is 24.6 Å². The topological polar surface area (TPSA) is 75.7 Å². The van der Waals surface area contributed by atoms with Crippen LogP contribution < -0.4 is 14.4 Å². The first-order valence-corrected chi connectivity index (χ1v) is 14.1. The maximum Gasteiger partial charge on any atom is 0.264 e. The summed E-state index contributed by atoms with van der Waals surface area (Å²) in [5, 5.41) is 4.97. The summed E-state index contributed by atoms with van der Waals surface area (Å²) in [5.41, 5.74) is 1.42. The molecule has 0 saturated carbocycles. The molecule has 0 saturated heterocycles. The van der Waals surface area contributed by atoms with Crippen LogP contribution in [-0.4, -0.2) is 40.3 Å². The zero-order chi connectivity index (χ0) is 25.5. The van der Waals surface area contributed by atoms with Crippen molar-refractivity contribution in [1.82, 2.24) is 5.32 Å². The lowest BCUT2D eigenvalue weighted by atomic mass is 10.1. The van der Waals surface area contributed by atoms with Gasteiger partial charge in [-0.3, -0.25) is 9.10 Å². The van der Waals surface area contributed by atoms with Gasteiger partial charge in [-0.05, 0) is 72.5 Å². The van der Waals surface area contributed by atoms with Crippen molar-refractivity contribution in [2.45, 2.75) is 16.7 Å². The van der Waals surface area contributed by atoms with Crippen molar-refractivity contribution in [2.75, 3.05) is 30.3 Å². The van der Waals surface area contributed by atoms with Gasteiger partial charge in [0.2, 0.25) is 5.91 Å². The van der Waals surface area contributed by atoms with Gasteiger partial charge in [0.25, 0.3) is 10.0 Å². The molecule has 0 radical (unpaired) electrons. The Balaban J connectivity index is 1.42. The molecule has 4 rings (SSSR count). The van der Waals surface area contributed by atoms with Gasteiger partial charge in [-0.1, -0.05) is 48.0 Å². The minimum Gasteiger partial charge on any atom is -0.492 e. The van der Waals surface area contributed by atoms with E-state index in [4.69, 9.17) is 4.74 Å². The second kappa shape index (κ2) is 11.5. The van der Waals surface area contributed by atoms with E-state index in [0.29, 0.717) is 11.4 Å². The molecule has 1 N–H and O–H groups in total. The van der Waals surface area contributed by atoms with Crippen molar-refractivity contribution in [3.8, 4) is 5.75 Å². The number of ether oxygens (including phenoxy) is 1. The predicted molar refractivity (Wildman–Crippen MR) is 146 cm³/mol. The van der Waals surface area contributed by atoms with E-state index in [1.54, 1.807) is 36.4 Å². The molecule has 0 heterocycles. The Kier molecular flexibility index (Phi) is 8.18. The van der Waals surface area contributed by atoms with Gasteiger partial charge in [-0.25, -0.2) is 8.42 Å². The maximum atomic E-state index is 13.5. The van der Waals surface area contributed by atoms with E-state index in [9.17, 15) is 13.2 Å². The number of anilines is 1. The van der Waals surface area contributed by atoms with E-state index in [1.807, 2.05) is 67.8 Å². The number of sulfonamides is 1. The number of benzene rings is 4. The number of amides is 1. The highest BCUT2D eigenvalue weighted by Crippen LogP contribution is 2.26. The SMILES string of the molecule is CSc1ccc(S(=O)(=O)N(CC(=O)NCCOc2ccc3ccccc3c2)c2ccc(C)cc2)cc1. The monoisotopic (exact) mass is 520 g/mol. The Morgan fingerprint density at radius 1 is 0.917 bits per heavy atom. The van der Waals surface area contributed by atoms with Gasteiger partial charge < -0.3 is 10.1 Å². The van der Waals surface area contributed by atoms with Crippen LogP contribution >= 0.6 is 11.8 Å². The fraction of sp³-hybridized carbons (Fsp3) is 0.179. The molecule has 4 aromatic carbocycles. The van der Waals surface area contributed by atoms with E-state index in [0.717, 1.165) is 25.5 Å². The zero-order valence-corrected chi connectivity index (χ0v) is 21.8. The number of nitrogens with zero attached hydrogens (tertiary/aromatic N) is 1. The lowest BCUT2D eigenvalue weighted by molar-refractivity contribution is -0.119. The van der Waals surface area contributed by atoms with E-state index in [1.165, 1.54) is 11.8 Å². The molecule has 8 heteroatoms. The Labute approximate surface area is 216 Å². The molecule has 0 aliphatic heterocycles. The number of carbonyl (C=O) groups excluding carboxylic acids is 1. The first kappa shape index (κ1) is 25.6. The largest absolute Gasteiger partial charge is 0.492 e. The molecular formula is C28H28N2O4S2. The average molecular weight is 521 g/mol. The Hall–Kier alpha value is -3.49. The Morgan fingerprint density at radius 2 is 1.61 bits per heavy atom. The number of fused-ring (bicyclic) bond motifs is 1. The first-order chi connectivity index (χ1) is 17.4. The molecule has 0 unspecified atom stereocenters. The van der Waals surface area contributed by atoms with Crippen LogP contribution in [0.15, 0.2) is 101 Å². The summed E-state index contributed by atoms with van der Waals surface area (Å²) < 4.78 is 33.9. The minimum atomic E-state index is -3.95. The van der Waals surface area contributed by atoms with Crippen molar-refractivity contribution in [1.29, 1.82) is 0 Å². The highest BCUT2D eigenvalue weighted by Gasteiger charge is 2.27. The number of nitrogens with one attached hydrogen (secondary N) is 1. The lowest BCUT2D eigenvalue weighted by Crippen LogP contribution is -2.41. The van der Waals surface area contributed by atoms with Gasteiger partial charge in [0.15, 0.2) is 0 Å². The lowest BCUT2D eigenvalue weighted by Gasteiger charge is -2.24. The van der Waals surface area contributed by atoms with Gasteiger partial charge in [-0.15, -0.1) is 11.8 Å². The number of hydrogen-bond acceptors (Lipinski definition) is 5. The number of aryl methyl sites for hydroxylation is 1. The van der Waals surface area contributed by atoms with Crippen LogP contribution in [0, 0.1) is 6.92 Å². The van der Waals surface area contributed by atoms with E-state index in [2.05, 4.69) is 5.32 Å². The van der Waals surface area contributed by atoms with Crippen molar-refractivity contribution in [2.24, 2.45) is 0 Å². The van der Waals surface area contributed by atoms with Crippen LogP contribution in [0.5, 0.6) is 5.75 Å². The molecule has 0 aromatic heterocycles. The second-order valence-electron chi connectivity index (χ2n) is 8.23. The van der Waals surface area contributed by atoms with Gasteiger partial charge >= 0.3 is 0 Å². The summed E-state index contributed by atoms with van der Waals surface area (Å²) >= 11 is 1.53. The summed E-state index contributed by atoms with van der Waals surface area (Å²) in [4.78, 5) is 13.9. The number of thioether (sulfide) groups is 1. The maximum absolute atomic E-state index is 13.5. The zero-order valence-electron chi connectivity index (χ0n) is 20.2. The van der Waals surface area contributed by atoms with Crippen LogP contribution in [0.25, 0.3) is 10.8 Å². The molecular weight excluding hydrogens is 492 g/mol. The van der Waals surface area contributed by atoms with Crippen LogP contribution in [0.1, 0.15) is 5.56 Å². The summed E-state index contributed by atoms with van der Waals surface area (Å²) in [7, 11) is -3.95. The average Bonchev–Trinajstić information content (AvgIpc) is 2.90. The second-order valence-corrected chi connectivity index (χ2v) is 11.0. The highest BCUT2D eigenvalue weighted by molar-refractivity contribution is 7.98. The fourth-order valence-corrected chi connectivity index (χ4v) is 5.53. The van der Waals surface area contributed by atoms with Gasteiger partial charge in [0.05, 0.1) is 17.1 Å². The fourth-order valence-electron chi connectivity index (χ4n) is 3.70. The highest BCUT2D eigenvalue weighted by atomic mass is 32.2. The standard InChI is InChI=1S/C28H28N2O4S2/c1-21-7-10-24(11-8-21)30(36(32,33)27-15-13-26(35-2)14-16-27)20-28(31)29-17-18-34-25-12-9-22-5-3-4-6-23(22)19-25/h3-16,19H,17-18,20H2,1-2H3,(H,29,31). The van der Waals surface area contributed by atoms with Crippen molar-refractivity contribution < 1.29 is 17.9 Å². The first-order valence-electron chi connectivity index (χ1n) is 11.5. The number of carbonyl (C=O) groups is 1. The summed E-state index contributed by atoms with van der Waals surface area (Å²) in [6, 6.07) is 27.5. The third-order valence-electron chi connectivity index (χ3n) is 5.67. The van der Waals surface area contributed by atoms with Gasteiger partial charge in [0.1, 0.15) is 18.9 Å². The van der Waals surface area contributed by atoms with Crippen LogP contribution in [0.2, 0.25) is 0 Å². The van der Waals surface area contributed by atoms with Gasteiger partial charge in [-0.2, -0.15) is 0 Å². The quantitative estimate of drug-likeness (QED) is 0.228. The molecule has 0 spiro atoms. The summed E-state index contributed by atoms with van der Waals surface area (Å²) in [5.74, 6) is 0.294. The molecule has 6 nitrogen and oxygen atoms in total. The molecule has 0 bridgehead atoms. The molecule has 4 aromatic rings. The summed E-state index contributed by atoms with van der Waals surface area (Å²) in [6.45, 7) is 2.09. The Morgan fingerprint density at radius 3 is 2.31 bits per heavy atom. The van der Waals surface area contributed by atoms with E-state index >= 15 is 0 Å². The molecule has 0 fully saturated rings. The Bertz CT molecular complexity index is 1440.